The lowest BCUT2D eigenvalue weighted by atomic mass is 9.97. The number of carboxylic acid groups (broad SMARTS) is 1. The largest absolute Gasteiger partial charge is 0.481 e. The van der Waals surface area contributed by atoms with E-state index in [0.29, 0.717) is 25.9 Å². The summed E-state index contributed by atoms with van der Waals surface area (Å²) in [5.74, 6) is -0.506. The fourth-order valence-electron chi connectivity index (χ4n) is 1.98. The zero-order valence-corrected chi connectivity index (χ0v) is 10.9. The molecule has 17 heavy (non-hydrogen) atoms. The van der Waals surface area contributed by atoms with Crippen molar-refractivity contribution in [3.05, 3.63) is 0 Å². The number of hydrogen-bond acceptors (Lipinski definition) is 4. The van der Waals surface area contributed by atoms with Crippen molar-refractivity contribution in [3.8, 4) is 0 Å². The van der Waals surface area contributed by atoms with E-state index in [1.54, 1.807) is 16.7 Å². The predicted molar refractivity (Wildman–Crippen MR) is 67.9 cm³/mol. The van der Waals surface area contributed by atoms with E-state index in [2.05, 4.69) is 0 Å². The maximum atomic E-state index is 12.0. The summed E-state index contributed by atoms with van der Waals surface area (Å²) in [6, 6.07) is -0.491. The molecule has 0 bridgehead atoms. The lowest BCUT2D eigenvalue weighted by Gasteiger charge is -2.32. The van der Waals surface area contributed by atoms with E-state index < -0.39 is 17.9 Å². The molecule has 1 aliphatic heterocycles. The Morgan fingerprint density at radius 1 is 1.59 bits per heavy atom. The summed E-state index contributed by atoms with van der Waals surface area (Å²) in [7, 11) is 0. The number of carboxylic acids is 1. The summed E-state index contributed by atoms with van der Waals surface area (Å²) < 4.78 is 0. The van der Waals surface area contributed by atoms with Crippen LogP contribution in [0, 0.1) is 5.92 Å². The van der Waals surface area contributed by atoms with Crippen molar-refractivity contribution in [1.82, 2.24) is 4.90 Å². The quantitative estimate of drug-likeness (QED) is 0.747. The minimum absolute atomic E-state index is 0.106. The van der Waals surface area contributed by atoms with Gasteiger partial charge in [0.15, 0.2) is 0 Å². The lowest BCUT2D eigenvalue weighted by Crippen LogP contribution is -2.49. The number of aliphatic carboxylic acids is 1. The normalized spacial score (nSPS) is 22.2. The van der Waals surface area contributed by atoms with Gasteiger partial charge in [-0.3, -0.25) is 9.59 Å². The smallest absolute Gasteiger partial charge is 0.308 e. The van der Waals surface area contributed by atoms with Crippen molar-refractivity contribution in [2.24, 2.45) is 11.7 Å². The Bertz CT molecular complexity index is 286. The molecule has 0 aliphatic carbocycles. The number of hydrogen-bond donors (Lipinski definition) is 2. The van der Waals surface area contributed by atoms with Gasteiger partial charge < -0.3 is 15.7 Å². The highest BCUT2D eigenvalue weighted by atomic mass is 32.2. The van der Waals surface area contributed by atoms with Crippen LogP contribution >= 0.6 is 11.8 Å². The summed E-state index contributed by atoms with van der Waals surface area (Å²) in [6.45, 7) is 0.941. The molecule has 1 fully saturated rings. The van der Waals surface area contributed by atoms with Gasteiger partial charge in [0.2, 0.25) is 5.91 Å². The van der Waals surface area contributed by atoms with Crippen LogP contribution in [0.25, 0.3) is 0 Å². The molecule has 2 atom stereocenters. The first-order valence-electron chi connectivity index (χ1n) is 5.82. The van der Waals surface area contributed by atoms with Crippen LogP contribution in [0.4, 0.5) is 0 Å². The third-order valence-electron chi connectivity index (χ3n) is 3.03. The van der Waals surface area contributed by atoms with Crippen molar-refractivity contribution < 1.29 is 14.7 Å². The molecule has 0 spiro atoms. The molecule has 0 aromatic rings. The summed E-state index contributed by atoms with van der Waals surface area (Å²) in [5.41, 5.74) is 5.80. The monoisotopic (exact) mass is 260 g/mol. The first-order valence-corrected chi connectivity index (χ1v) is 7.21. The average molecular weight is 260 g/mol. The number of amides is 1. The zero-order valence-electron chi connectivity index (χ0n) is 10.1. The molecule has 0 unspecified atom stereocenters. The minimum Gasteiger partial charge on any atom is -0.481 e. The molecule has 1 saturated heterocycles. The Balaban J connectivity index is 2.48. The molecular weight excluding hydrogens is 240 g/mol. The van der Waals surface area contributed by atoms with Gasteiger partial charge in [-0.15, -0.1) is 0 Å². The molecule has 3 N–H and O–H groups in total. The Kier molecular flexibility index (Phi) is 5.77. The minimum atomic E-state index is -0.819. The van der Waals surface area contributed by atoms with Gasteiger partial charge in [0, 0.05) is 13.1 Å². The van der Waals surface area contributed by atoms with Crippen LogP contribution in [0.3, 0.4) is 0 Å². The van der Waals surface area contributed by atoms with Crippen LogP contribution in [0.5, 0.6) is 0 Å². The summed E-state index contributed by atoms with van der Waals surface area (Å²) in [6.07, 6.45) is 4.02. The van der Waals surface area contributed by atoms with Crippen molar-refractivity contribution in [3.63, 3.8) is 0 Å². The van der Waals surface area contributed by atoms with Gasteiger partial charge in [0.25, 0.3) is 0 Å². The fourth-order valence-corrected chi connectivity index (χ4v) is 2.47. The Morgan fingerprint density at radius 3 is 2.88 bits per heavy atom. The summed E-state index contributed by atoms with van der Waals surface area (Å²) >= 11 is 1.65. The second kappa shape index (κ2) is 6.86. The molecule has 98 valence electrons. The van der Waals surface area contributed by atoms with Gasteiger partial charge in [-0.25, -0.2) is 0 Å². The summed E-state index contributed by atoms with van der Waals surface area (Å²) in [5, 5.41) is 8.95. The summed E-state index contributed by atoms with van der Waals surface area (Å²) in [4.78, 5) is 24.5. The van der Waals surface area contributed by atoms with E-state index in [9.17, 15) is 9.59 Å². The number of nitrogens with zero attached hydrogens (tertiary/aromatic N) is 1. The zero-order chi connectivity index (χ0) is 12.8. The van der Waals surface area contributed by atoms with Crippen molar-refractivity contribution >= 4 is 23.6 Å². The van der Waals surface area contributed by atoms with E-state index in [1.165, 1.54) is 0 Å². The third-order valence-corrected chi connectivity index (χ3v) is 3.68. The van der Waals surface area contributed by atoms with E-state index >= 15 is 0 Å². The molecule has 6 heteroatoms. The van der Waals surface area contributed by atoms with Gasteiger partial charge in [0.05, 0.1) is 12.0 Å². The molecule has 0 radical (unpaired) electrons. The standard InChI is InChI=1S/C11H20N2O3S/c1-17-6-4-9(12)10(14)13-5-2-3-8(7-13)11(15)16/h8-9H,2-7,12H2,1H3,(H,15,16)/t8-,9+/m1/s1. The Morgan fingerprint density at radius 2 is 2.29 bits per heavy atom. The van der Waals surface area contributed by atoms with Crippen LogP contribution in [-0.2, 0) is 9.59 Å². The van der Waals surface area contributed by atoms with Gasteiger partial charge in [-0.1, -0.05) is 0 Å². The second-order valence-electron chi connectivity index (χ2n) is 4.35. The van der Waals surface area contributed by atoms with Crippen LogP contribution in [0.15, 0.2) is 0 Å². The highest BCUT2D eigenvalue weighted by Gasteiger charge is 2.30. The SMILES string of the molecule is CSCC[C@H](N)C(=O)N1CCC[C@@H](C(=O)O)C1. The molecule has 5 nitrogen and oxygen atoms in total. The Hall–Kier alpha value is -0.750. The van der Waals surface area contributed by atoms with Crippen LogP contribution in [0.1, 0.15) is 19.3 Å². The van der Waals surface area contributed by atoms with Crippen LogP contribution < -0.4 is 5.73 Å². The molecule has 0 saturated carbocycles. The molecule has 0 aromatic heterocycles. The fraction of sp³-hybridized carbons (Fsp3) is 0.818. The molecule has 1 heterocycles. The number of rotatable bonds is 5. The van der Waals surface area contributed by atoms with Crippen molar-refractivity contribution in [1.29, 1.82) is 0 Å². The second-order valence-corrected chi connectivity index (χ2v) is 5.34. The third kappa shape index (κ3) is 4.20. The number of carbonyl (C=O) groups is 2. The van der Waals surface area contributed by atoms with E-state index in [4.69, 9.17) is 10.8 Å². The van der Waals surface area contributed by atoms with Gasteiger partial charge in [-0.05, 0) is 31.3 Å². The van der Waals surface area contributed by atoms with Gasteiger partial charge in [0.1, 0.15) is 0 Å². The average Bonchev–Trinajstić information content (AvgIpc) is 2.35. The van der Waals surface area contributed by atoms with E-state index in [1.807, 2.05) is 6.26 Å². The number of carbonyl (C=O) groups excluding carboxylic acids is 1. The highest BCUT2D eigenvalue weighted by molar-refractivity contribution is 7.98. The maximum absolute atomic E-state index is 12.0. The van der Waals surface area contributed by atoms with Crippen LogP contribution in [-0.4, -0.2) is 53.0 Å². The molecule has 0 aromatic carbocycles. The molecular formula is C11H20N2O3S. The lowest BCUT2D eigenvalue weighted by molar-refractivity contribution is -0.146. The highest BCUT2D eigenvalue weighted by Crippen LogP contribution is 2.17. The topological polar surface area (TPSA) is 83.6 Å². The van der Waals surface area contributed by atoms with E-state index in [0.717, 1.165) is 12.2 Å². The number of piperidine rings is 1. The van der Waals surface area contributed by atoms with Crippen molar-refractivity contribution in [2.45, 2.75) is 25.3 Å². The molecule has 1 aliphatic rings. The number of thioether (sulfide) groups is 1. The first kappa shape index (κ1) is 14.3. The number of nitrogens with two attached hydrogens (primary N) is 1. The molecule has 1 rings (SSSR count). The Labute approximate surface area is 106 Å². The van der Waals surface area contributed by atoms with Crippen molar-refractivity contribution in [2.75, 3.05) is 25.1 Å². The maximum Gasteiger partial charge on any atom is 0.308 e. The van der Waals surface area contributed by atoms with Gasteiger partial charge >= 0.3 is 5.97 Å². The predicted octanol–water partition coefficient (Wildman–Crippen LogP) is 0.390. The first-order chi connectivity index (χ1) is 8.06. The van der Waals surface area contributed by atoms with Gasteiger partial charge in [-0.2, -0.15) is 11.8 Å². The van der Waals surface area contributed by atoms with Crippen LogP contribution in [0.2, 0.25) is 0 Å². The number of likely N-dealkylation sites (tertiary alicyclic amines) is 1. The van der Waals surface area contributed by atoms with E-state index in [-0.39, 0.29) is 5.91 Å². The molecule has 1 amide bonds.